The molecule has 0 saturated heterocycles. The molecule has 1 aromatic rings. The zero-order chi connectivity index (χ0) is 14.7. The second kappa shape index (κ2) is 6.80. The van der Waals surface area contributed by atoms with Crippen molar-refractivity contribution in [1.82, 2.24) is 9.88 Å². The first-order valence-electron chi connectivity index (χ1n) is 6.50. The minimum atomic E-state index is -0.852. The van der Waals surface area contributed by atoms with Crippen LogP contribution in [0.4, 0.5) is 10.6 Å². The summed E-state index contributed by atoms with van der Waals surface area (Å²) >= 11 is 8.13. The first-order chi connectivity index (χ1) is 9.47. The molecule has 0 aliphatic heterocycles. The van der Waals surface area contributed by atoms with Crippen molar-refractivity contribution in [2.24, 2.45) is 0 Å². The summed E-state index contributed by atoms with van der Waals surface area (Å²) in [6.45, 7) is 0. The van der Waals surface area contributed by atoms with E-state index in [1.807, 2.05) is 6.07 Å². The van der Waals surface area contributed by atoms with Crippen LogP contribution < -0.4 is 5.32 Å². The monoisotopic (exact) mass is 409 g/mol. The molecule has 0 atom stereocenters. The minimum absolute atomic E-state index is 0.129. The van der Waals surface area contributed by atoms with Crippen LogP contribution in [-0.4, -0.2) is 40.2 Å². The van der Waals surface area contributed by atoms with Crippen molar-refractivity contribution in [3.63, 3.8) is 0 Å². The summed E-state index contributed by atoms with van der Waals surface area (Å²) in [4.78, 5) is 16.6. The maximum Gasteiger partial charge on any atom is 0.407 e. The molecule has 1 saturated carbocycles. The lowest BCUT2D eigenvalue weighted by molar-refractivity contribution is 0.125. The van der Waals surface area contributed by atoms with Crippen molar-refractivity contribution in [1.29, 1.82) is 0 Å². The average molecular weight is 410 g/mol. The lowest BCUT2D eigenvalue weighted by Crippen LogP contribution is -2.40. The first-order valence-corrected chi connectivity index (χ1v) is 7.96. The topological polar surface area (TPSA) is 65.5 Å². The number of hydrogen-bond donors (Lipinski definition) is 2. The number of carbonyl (C=O) groups is 1. The van der Waals surface area contributed by atoms with E-state index in [1.165, 1.54) is 4.90 Å². The van der Waals surface area contributed by atoms with Crippen LogP contribution in [0.2, 0.25) is 5.02 Å². The number of carboxylic acid groups (broad SMARTS) is 1. The number of aromatic nitrogens is 1. The van der Waals surface area contributed by atoms with Gasteiger partial charge in [-0.15, -0.1) is 0 Å². The summed E-state index contributed by atoms with van der Waals surface area (Å²) in [5.74, 6) is 0.828. The Morgan fingerprint density at radius 1 is 1.50 bits per heavy atom. The average Bonchev–Trinajstić information content (AvgIpc) is 2.43. The third-order valence-electron chi connectivity index (χ3n) is 3.71. The van der Waals surface area contributed by atoms with E-state index in [9.17, 15) is 4.79 Å². The number of amides is 1. The van der Waals surface area contributed by atoms with Gasteiger partial charge in [0.15, 0.2) is 0 Å². The predicted octanol–water partition coefficient (Wildman–Crippen LogP) is 3.67. The van der Waals surface area contributed by atoms with Gasteiger partial charge < -0.3 is 15.3 Å². The van der Waals surface area contributed by atoms with Crippen LogP contribution in [0.25, 0.3) is 0 Å². The molecule has 2 rings (SSSR count). The summed E-state index contributed by atoms with van der Waals surface area (Å²) < 4.78 is 0.973. The van der Waals surface area contributed by atoms with Gasteiger partial charge in [0.25, 0.3) is 0 Å². The molecular weight excluding hydrogens is 393 g/mol. The third-order valence-corrected chi connectivity index (χ3v) is 5.22. The van der Waals surface area contributed by atoms with Crippen LogP contribution in [0, 0.1) is 3.57 Å². The number of nitrogens with one attached hydrogen (secondary N) is 1. The highest BCUT2D eigenvalue weighted by Gasteiger charge is 2.26. The van der Waals surface area contributed by atoms with E-state index in [-0.39, 0.29) is 6.04 Å². The zero-order valence-electron chi connectivity index (χ0n) is 11.1. The molecule has 1 aliphatic carbocycles. The van der Waals surface area contributed by atoms with Gasteiger partial charge in [-0.1, -0.05) is 11.6 Å². The lowest BCUT2D eigenvalue weighted by atomic mass is 9.90. The number of rotatable bonds is 3. The fourth-order valence-electron chi connectivity index (χ4n) is 2.47. The largest absolute Gasteiger partial charge is 0.465 e. The summed E-state index contributed by atoms with van der Waals surface area (Å²) in [6.07, 6.45) is 4.45. The second-order valence-corrected chi connectivity index (χ2v) is 6.60. The quantitative estimate of drug-likeness (QED) is 0.748. The second-order valence-electron chi connectivity index (χ2n) is 5.03. The van der Waals surface area contributed by atoms with Gasteiger partial charge in [0.2, 0.25) is 0 Å². The molecule has 20 heavy (non-hydrogen) atoms. The highest BCUT2D eigenvalue weighted by atomic mass is 127. The van der Waals surface area contributed by atoms with Gasteiger partial charge in [-0.25, -0.2) is 9.78 Å². The van der Waals surface area contributed by atoms with Crippen molar-refractivity contribution in [2.75, 3.05) is 12.4 Å². The fourth-order valence-corrected chi connectivity index (χ4v) is 3.00. The van der Waals surface area contributed by atoms with Gasteiger partial charge >= 0.3 is 6.09 Å². The van der Waals surface area contributed by atoms with Crippen LogP contribution in [0.3, 0.4) is 0 Å². The molecule has 1 amide bonds. The fraction of sp³-hybridized carbons (Fsp3) is 0.538. The van der Waals surface area contributed by atoms with Crippen LogP contribution in [0.15, 0.2) is 12.3 Å². The molecule has 7 heteroatoms. The Labute approximate surface area is 136 Å². The summed E-state index contributed by atoms with van der Waals surface area (Å²) in [5.41, 5.74) is 0. The molecule has 1 aliphatic rings. The van der Waals surface area contributed by atoms with Crippen molar-refractivity contribution in [3.05, 3.63) is 20.9 Å². The Balaban J connectivity index is 1.88. The number of nitrogens with zero attached hydrogens (tertiary/aromatic N) is 2. The number of halogens is 2. The number of hydrogen-bond acceptors (Lipinski definition) is 3. The van der Waals surface area contributed by atoms with Gasteiger partial charge in [0.1, 0.15) is 5.82 Å². The Morgan fingerprint density at radius 3 is 2.70 bits per heavy atom. The SMILES string of the molecule is CN(C(=O)O)[C@H]1CC[C@H](Nc2cc(I)c(Cl)cn2)CC1. The highest BCUT2D eigenvalue weighted by molar-refractivity contribution is 14.1. The summed E-state index contributed by atoms with van der Waals surface area (Å²) in [7, 11) is 1.64. The minimum Gasteiger partial charge on any atom is -0.465 e. The van der Waals surface area contributed by atoms with E-state index in [0.29, 0.717) is 11.1 Å². The molecule has 0 aromatic carbocycles. The van der Waals surface area contributed by atoms with Gasteiger partial charge in [-0.2, -0.15) is 0 Å². The molecule has 0 radical (unpaired) electrons. The Morgan fingerprint density at radius 2 is 2.15 bits per heavy atom. The number of pyridine rings is 1. The standard InChI is InChI=1S/C13H17ClIN3O2/c1-18(13(19)20)9-4-2-8(3-5-9)17-12-6-11(15)10(14)7-16-12/h6-9H,2-5H2,1H3,(H,16,17)(H,19,20)/t8-,9-. The molecule has 2 N–H and O–H groups in total. The van der Waals surface area contributed by atoms with E-state index in [4.69, 9.17) is 16.7 Å². The maximum atomic E-state index is 10.9. The number of anilines is 1. The summed E-state index contributed by atoms with van der Waals surface area (Å²) in [6, 6.07) is 2.40. The Bertz CT molecular complexity index is 493. The molecule has 0 bridgehead atoms. The van der Waals surface area contributed by atoms with E-state index in [0.717, 1.165) is 35.1 Å². The van der Waals surface area contributed by atoms with Crippen LogP contribution in [-0.2, 0) is 0 Å². The molecular formula is C13H17ClIN3O2. The Hall–Kier alpha value is -0.760. The van der Waals surface area contributed by atoms with Crippen LogP contribution >= 0.6 is 34.2 Å². The van der Waals surface area contributed by atoms with Gasteiger partial charge in [-0.05, 0) is 54.3 Å². The van der Waals surface area contributed by atoms with Gasteiger partial charge in [-0.3, -0.25) is 0 Å². The van der Waals surface area contributed by atoms with E-state index in [2.05, 4.69) is 32.9 Å². The molecule has 110 valence electrons. The lowest BCUT2D eigenvalue weighted by Gasteiger charge is -2.33. The molecule has 0 unspecified atom stereocenters. The summed E-state index contributed by atoms with van der Waals surface area (Å²) in [5, 5.41) is 13.0. The Kier molecular flexibility index (Phi) is 5.31. The van der Waals surface area contributed by atoms with Crippen molar-refractivity contribution in [3.8, 4) is 0 Å². The molecule has 0 spiro atoms. The predicted molar refractivity (Wildman–Crippen MR) is 87.4 cm³/mol. The van der Waals surface area contributed by atoms with E-state index >= 15 is 0 Å². The van der Waals surface area contributed by atoms with Crippen molar-refractivity contribution >= 4 is 46.1 Å². The molecule has 5 nitrogen and oxygen atoms in total. The maximum absolute atomic E-state index is 10.9. The third kappa shape index (κ3) is 3.88. The smallest absolute Gasteiger partial charge is 0.407 e. The van der Waals surface area contributed by atoms with Crippen molar-refractivity contribution < 1.29 is 9.90 Å². The van der Waals surface area contributed by atoms with Crippen molar-refractivity contribution in [2.45, 2.75) is 37.8 Å². The molecule has 1 aromatic heterocycles. The van der Waals surface area contributed by atoms with Crippen LogP contribution in [0.5, 0.6) is 0 Å². The highest BCUT2D eigenvalue weighted by Crippen LogP contribution is 2.26. The zero-order valence-corrected chi connectivity index (χ0v) is 14.1. The first kappa shape index (κ1) is 15.6. The van der Waals surface area contributed by atoms with E-state index < -0.39 is 6.09 Å². The normalized spacial score (nSPS) is 22.4. The van der Waals surface area contributed by atoms with Gasteiger partial charge in [0, 0.05) is 28.9 Å². The molecule has 1 fully saturated rings. The molecule has 1 heterocycles. The van der Waals surface area contributed by atoms with E-state index in [1.54, 1.807) is 13.2 Å². The van der Waals surface area contributed by atoms with Crippen LogP contribution in [0.1, 0.15) is 25.7 Å². The van der Waals surface area contributed by atoms with Gasteiger partial charge in [0.05, 0.1) is 5.02 Å².